The first kappa shape index (κ1) is 14.8. The van der Waals surface area contributed by atoms with Crippen LogP contribution >= 0.6 is 0 Å². The molecule has 0 spiro atoms. The van der Waals surface area contributed by atoms with Crippen molar-refractivity contribution in [1.29, 1.82) is 0 Å². The van der Waals surface area contributed by atoms with Gasteiger partial charge in [0.2, 0.25) is 0 Å². The number of phenols is 1. The summed E-state index contributed by atoms with van der Waals surface area (Å²) in [7, 11) is -3.39. The zero-order valence-corrected chi connectivity index (χ0v) is 11.9. The van der Waals surface area contributed by atoms with Crippen molar-refractivity contribution in [1.82, 2.24) is 0 Å². The molecule has 1 fully saturated rings. The lowest BCUT2D eigenvalue weighted by molar-refractivity contribution is -0.124. The molecule has 1 aliphatic heterocycles. The van der Waals surface area contributed by atoms with Crippen LogP contribution in [-0.4, -0.2) is 37.9 Å². The number of nitrogens with one attached hydrogen (secondary N) is 1. The number of benzene rings is 1. The molecule has 1 saturated heterocycles. The Kier molecular flexibility index (Phi) is 4.29. The molecule has 1 amide bonds. The molecule has 0 radical (unpaired) electrons. The molecule has 6 nitrogen and oxygen atoms in total. The summed E-state index contributed by atoms with van der Waals surface area (Å²) in [5.41, 5.74) is 0.0834. The van der Waals surface area contributed by atoms with E-state index in [1.54, 1.807) is 0 Å². The van der Waals surface area contributed by atoms with Gasteiger partial charge in [-0.05, 0) is 31.0 Å². The molecule has 1 heterocycles. The van der Waals surface area contributed by atoms with E-state index in [1.165, 1.54) is 25.1 Å². The Morgan fingerprint density at radius 1 is 1.50 bits per heavy atom. The maximum absolute atomic E-state index is 11.9. The van der Waals surface area contributed by atoms with Crippen LogP contribution in [0.4, 0.5) is 5.69 Å². The molecule has 0 aromatic heterocycles. The molecule has 2 rings (SSSR count). The average Bonchev–Trinajstić information content (AvgIpc) is 2.95. The van der Waals surface area contributed by atoms with Crippen molar-refractivity contribution < 1.29 is 23.1 Å². The van der Waals surface area contributed by atoms with Gasteiger partial charge in [-0.3, -0.25) is 4.79 Å². The summed E-state index contributed by atoms with van der Waals surface area (Å²) in [6, 6.07) is 3.84. The SMILES string of the molecule is CCS(=O)(=O)c1ccc(O)c(NC(=O)C2CCCO2)c1. The molecule has 1 aromatic rings. The third kappa shape index (κ3) is 3.10. The van der Waals surface area contributed by atoms with Gasteiger partial charge in [0.1, 0.15) is 11.9 Å². The maximum atomic E-state index is 11.9. The summed E-state index contributed by atoms with van der Waals surface area (Å²) in [6.07, 6.45) is 0.897. The Bertz CT molecular complexity index is 605. The first-order valence-electron chi connectivity index (χ1n) is 6.42. The van der Waals surface area contributed by atoms with Crippen LogP contribution < -0.4 is 5.32 Å². The summed E-state index contributed by atoms with van der Waals surface area (Å²) in [5, 5.41) is 12.2. The number of rotatable bonds is 4. The molecular formula is C13H17NO5S. The third-order valence-electron chi connectivity index (χ3n) is 3.19. The zero-order valence-electron chi connectivity index (χ0n) is 11.1. The number of sulfone groups is 1. The highest BCUT2D eigenvalue weighted by atomic mass is 32.2. The predicted octanol–water partition coefficient (Wildman–Crippen LogP) is 1.30. The standard InChI is InChI=1S/C13H17NO5S/c1-2-20(17,18)9-5-6-11(15)10(8-9)14-13(16)12-4-3-7-19-12/h5-6,8,12,15H,2-4,7H2,1H3,(H,14,16). The van der Waals surface area contributed by atoms with E-state index in [4.69, 9.17) is 4.74 Å². The quantitative estimate of drug-likeness (QED) is 0.818. The number of hydrogen-bond donors (Lipinski definition) is 2. The number of amides is 1. The zero-order chi connectivity index (χ0) is 14.8. The second-order valence-corrected chi connectivity index (χ2v) is 6.85. The monoisotopic (exact) mass is 299 g/mol. The van der Waals surface area contributed by atoms with Crippen molar-refractivity contribution in [2.24, 2.45) is 0 Å². The van der Waals surface area contributed by atoms with E-state index >= 15 is 0 Å². The molecule has 0 aliphatic carbocycles. The van der Waals surface area contributed by atoms with E-state index < -0.39 is 15.9 Å². The average molecular weight is 299 g/mol. The van der Waals surface area contributed by atoms with Crippen molar-refractivity contribution in [2.45, 2.75) is 30.8 Å². The fourth-order valence-corrected chi connectivity index (χ4v) is 2.88. The lowest BCUT2D eigenvalue weighted by Gasteiger charge is -2.12. The summed E-state index contributed by atoms with van der Waals surface area (Å²) in [5.74, 6) is -0.591. The van der Waals surface area contributed by atoms with E-state index in [0.29, 0.717) is 13.0 Å². The van der Waals surface area contributed by atoms with Crippen molar-refractivity contribution >= 4 is 21.4 Å². The van der Waals surface area contributed by atoms with Crippen LogP contribution in [0.2, 0.25) is 0 Å². The molecule has 7 heteroatoms. The number of aromatic hydroxyl groups is 1. The Morgan fingerprint density at radius 3 is 2.85 bits per heavy atom. The highest BCUT2D eigenvalue weighted by Gasteiger charge is 2.24. The van der Waals surface area contributed by atoms with E-state index in [2.05, 4.69) is 5.32 Å². The van der Waals surface area contributed by atoms with Gasteiger partial charge in [-0.2, -0.15) is 0 Å². The molecule has 20 heavy (non-hydrogen) atoms. The fourth-order valence-electron chi connectivity index (χ4n) is 1.97. The van der Waals surface area contributed by atoms with Crippen LogP contribution in [0.15, 0.2) is 23.1 Å². The molecule has 2 N–H and O–H groups in total. The van der Waals surface area contributed by atoms with Gasteiger partial charge in [0.05, 0.1) is 16.3 Å². The number of carbonyl (C=O) groups excluding carboxylic acids is 1. The normalized spacial score (nSPS) is 18.9. The maximum Gasteiger partial charge on any atom is 0.253 e. The minimum Gasteiger partial charge on any atom is -0.506 e. The summed E-state index contributed by atoms with van der Waals surface area (Å²) in [6.45, 7) is 2.07. The predicted molar refractivity (Wildman–Crippen MR) is 73.4 cm³/mol. The molecule has 0 bridgehead atoms. The highest BCUT2D eigenvalue weighted by molar-refractivity contribution is 7.91. The number of anilines is 1. The Hall–Kier alpha value is -1.60. The van der Waals surface area contributed by atoms with Crippen molar-refractivity contribution in [3.63, 3.8) is 0 Å². The van der Waals surface area contributed by atoms with E-state index in [9.17, 15) is 18.3 Å². The molecule has 0 saturated carbocycles. The minimum atomic E-state index is -3.39. The van der Waals surface area contributed by atoms with E-state index in [-0.39, 0.29) is 28.0 Å². The summed E-state index contributed by atoms with van der Waals surface area (Å²) < 4.78 is 28.8. The smallest absolute Gasteiger partial charge is 0.253 e. The van der Waals surface area contributed by atoms with Gasteiger partial charge in [-0.25, -0.2) is 8.42 Å². The lowest BCUT2D eigenvalue weighted by atomic mass is 10.2. The van der Waals surface area contributed by atoms with Crippen LogP contribution in [0.1, 0.15) is 19.8 Å². The van der Waals surface area contributed by atoms with E-state index in [0.717, 1.165) is 6.42 Å². The van der Waals surface area contributed by atoms with Crippen LogP contribution in [0, 0.1) is 0 Å². The van der Waals surface area contributed by atoms with Gasteiger partial charge in [0.25, 0.3) is 5.91 Å². The van der Waals surface area contributed by atoms with E-state index in [1.807, 2.05) is 0 Å². The molecule has 1 aromatic carbocycles. The van der Waals surface area contributed by atoms with Crippen LogP contribution in [0.5, 0.6) is 5.75 Å². The lowest BCUT2D eigenvalue weighted by Crippen LogP contribution is -2.27. The topological polar surface area (TPSA) is 92.7 Å². The number of ether oxygens (including phenoxy) is 1. The van der Waals surface area contributed by atoms with Crippen molar-refractivity contribution in [3.05, 3.63) is 18.2 Å². The summed E-state index contributed by atoms with van der Waals surface area (Å²) in [4.78, 5) is 12.0. The largest absolute Gasteiger partial charge is 0.506 e. The van der Waals surface area contributed by atoms with Gasteiger partial charge < -0.3 is 15.2 Å². The van der Waals surface area contributed by atoms with Gasteiger partial charge >= 0.3 is 0 Å². The van der Waals surface area contributed by atoms with Crippen LogP contribution in [0.25, 0.3) is 0 Å². The van der Waals surface area contributed by atoms with Gasteiger partial charge in [-0.1, -0.05) is 6.92 Å². The Labute approximate surface area is 117 Å². The Balaban J connectivity index is 2.23. The number of phenolic OH excluding ortho intramolecular Hbond substituents is 1. The first-order chi connectivity index (χ1) is 9.44. The fraction of sp³-hybridized carbons (Fsp3) is 0.462. The Morgan fingerprint density at radius 2 is 2.25 bits per heavy atom. The second-order valence-electron chi connectivity index (χ2n) is 4.57. The van der Waals surface area contributed by atoms with Crippen LogP contribution in [-0.2, 0) is 19.4 Å². The third-order valence-corrected chi connectivity index (χ3v) is 4.92. The van der Waals surface area contributed by atoms with Crippen molar-refractivity contribution in [3.8, 4) is 5.75 Å². The first-order valence-corrected chi connectivity index (χ1v) is 8.07. The molecule has 1 unspecified atom stereocenters. The summed E-state index contributed by atoms with van der Waals surface area (Å²) >= 11 is 0. The molecule has 1 atom stereocenters. The minimum absolute atomic E-state index is 0.0447. The molecular weight excluding hydrogens is 282 g/mol. The van der Waals surface area contributed by atoms with Gasteiger partial charge in [-0.15, -0.1) is 0 Å². The van der Waals surface area contributed by atoms with Crippen molar-refractivity contribution in [2.75, 3.05) is 17.7 Å². The molecule has 1 aliphatic rings. The molecule has 110 valence electrons. The number of hydrogen-bond acceptors (Lipinski definition) is 5. The highest BCUT2D eigenvalue weighted by Crippen LogP contribution is 2.27. The van der Waals surface area contributed by atoms with Crippen LogP contribution in [0.3, 0.4) is 0 Å². The number of carbonyl (C=O) groups is 1. The second kappa shape index (κ2) is 5.80. The van der Waals surface area contributed by atoms with Gasteiger partial charge in [0.15, 0.2) is 9.84 Å². The van der Waals surface area contributed by atoms with Gasteiger partial charge in [0, 0.05) is 6.61 Å².